The average molecular weight is 1030 g/mol. The van der Waals surface area contributed by atoms with E-state index < -0.39 is 0 Å². The normalized spacial score (nSPS) is 13.5. The minimum atomic E-state index is -0.238. The molecule has 0 saturated carbocycles. The van der Waals surface area contributed by atoms with Crippen molar-refractivity contribution in [3.8, 4) is 11.1 Å². The van der Waals surface area contributed by atoms with Gasteiger partial charge < -0.3 is 24.4 Å². The Hall–Kier alpha value is -9.62. The highest BCUT2D eigenvalue weighted by Gasteiger charge is 2.48. The quantitative estimate of drug-likeness (QED) is 0.114. The number of hydrogen-bond acceptors (Lipinski definition) is 6. The van der Waals surface area contributed by atoms with Crippen LogP contribution < -0.4 is 46.3 Å². The van der Waals surface area contributed by atoms with Crippen LogP contribution in [0.2, 0.25) is 0 Å². The van der Waals surface area contributed by atoms with Crippen LogP contribution >= 0.6 is 12.6 Å². The largest absolute Gasteiger partial charge is 0.376 e. The average Bonchev–Trinajstić information content (AvgIpc) is 2.75. The topological polar surface area (TPSA) is 16.2 Å². The van der Waals surface area contributed by atoms with E-state index in [2.05, 4.69) is 316 Å². The Kier molecular flexibility index (Phi) is 11.3. The Balaban J connectivity index is 1.04. The molecule has 0 N–H and O–H groups in total. The van der Waals surface area contributed by atoms with Crippen molar-refractivity contribution in [1.82, 2.24) is 0 Å². The zero-order valence-electron chi connectivity index (χ0n) is 43.5. The molecule has 0 aliphatic carbocycles. The second-order valence-electron chi connectivity index (χ2n) is 20.6. The third-order valence-electron chi connectivity index (χ3n) is 16.1. The Bertz CT molecular complexity index is 4120. The Morgan fingerprint density at radius 2 is 0.899 bits per heavy atom. The van der Waals surface area contributed by atoms with Crippen molar-refractivity contribution in [2.75, 3.05) is 24.4 Å². The summed E-state index contributed by atoms with van der Waals surface area (Å²) in [5.41, 5.74) is 25.0. The maximum atomic E-state index is 5.69. The van der Waals surface area contributed by atoms with E-state index in [0.29, 0.717) is 0 Å². The molecule has 0 amide bonds. The van der Waals surface area contributed by atoms with Gasteiger partial charge in [-0.05, 0) is 173 Å². The van der Waals surface area contributed by atoms with E-state index >= 15 is 0 Å². The lowest BCUT2D eigenvalue weighted by atomic mass is 9.31. The zero-order chi connectivity index (χ0) is 52.6. The number of thiol groups is 1. The van der Waals surface area contributed by atoms with E-state index in [1.54, 1.807) is 0 Å². The second kappa shape index (κ2) is 19.1. The summed E-state index contributed by atoms with van der Waals surface area (Å²) < 4.78 is 0. The fourth-order valence-corrected chi connectivity index (χ4v) is 13.3. The maximum Gasteiger partial charge on any atom is 0.329 e. The molecule has 4 aliphatic heterocycles. The molecule has 0 spiro atoms. The van der Waals surface area contributed by atoms with Crippen molar-refractivity contribution in [3.63, 3.8) is 0 Å². The fourth-order valence-electron chi connectivity index (χ4n) is 13.0. The van der Waals surface area contributed by atoms with E-state index in [-0.39, 0.29) is 13.6 Å². The monoisotopic (exact) mass is 1030 g/mol. The molecule has 0 aromatic heterocycles. The third kappa shape index (κ3) is 7.58. The lowest BCUT2D eigenvalue weighted by Crippen LogP contribution is -2.61. The minimum absolute atomic E-state index is 0.181. The number of rotatable bonds is 9. The van der Waals surface area contributed by atoms with Gasteiger partial charge in [0.1, 0.15) is 0 Å². The number of benzene rings is 11. The first-order valence-corrected chi connectivity index (χ1v) is 27.6. The third-order valence-corrected chi connectivity index (χ3v) is 16.5. The van der Waals surface area contributed by atoms with Crippen LogP contribution in [0.25, 0.3) is 16.6 Å². The van der Waals surface area contributed by atoms with Gasteiger partial charge in [0.2, 0.25) is 0 Å². The van der Waals surface area contributed by atoms with Gasteiger partial charge in [-0.25, -0.2) is 0 Å². The molecule has 0 atom stereocenters. The molecule has 0 radical (unpaired) electrons. The molecule has 79 heavy (non-hydrogen) atoms. The smallest absolute Gasteiger partial charge is 0.329 e. The number of fused-ring (bicyclic) bond motifs is 12. The molecule has 11 aromatic rings. The van der Waals surface area contributed by atoms with Crippen molar-refractivity contribution in [2.45, 2.75) is 11.8 Å². The summed E-state index contributed by atoms with van der Waals surface area (Å²) >= 11 is 5.69. The van der Waals surface area contributed by atoms with Gasteiger partial charge in [0.15, 0.2) is 0 Å². The standard InChI is InChI=1S/C71H51B2N5S/c1-2-24-65-70-49-25-23-38-57(43-49)78-64-40-22-21-39-59(64)60-44-56(74(50-26-9-3-10-27-50)51-28-11-4-12-29-51)41-42-61(60)73(78)63-47-62-66(48-69(63)79)77(55-36-19-8-20-37-55)68-46-58(75(52-30-13-5-14-31-52)53-32-15-6-16-33-53)45-67(71(68)72(62)70)76(65)54-34-17-7-18-35-54/h2-48,79H,1H3/b24-2-. The number of para-hydroxylation sites is 7. The molecule has 5 nitrogen and oxygen atoms in total. The molecule has 11 aromatic carbocycles. The van der Waals surface area contributed by atoms with Crippen LogP contribution in [0, 0.1) is 0 Å². The highest BCUT2D eigenvalue weighted by atomic mass is 32.1. The van der Waals surface area contributed by atoms with Crippen LogP contribution in [-0.4, -0.2) is 13.6 Å². The summed E-state index contributed by atoms with van der Waals surface area (Å²) in [6, 6.07) is 99.9. The molecule has 0 fully saturated rings. The SMILES string of the molecule is C/C=C\C1=C2B3c4cc(c(S)cc4N(c4ccccc4)c4cc(N(c5ccccc5)c5ccccc5)cc(c43)N1c1ccccc1)B1c3ccc(N(c4ccccc4)c4ccccc4)cc3-c3ccccc3N1c1cccc2c1. The number of nitrogens with zero attached hydrogens (tertiary/aromatic N) is 5. The van der Waals surface area contributed by atoms with Gasteiger partial charge in [-0.3, -0.25) is 0 Å². The molecule has 0 saturated heterocycles. The molecule has 8 heteroatoms. The zero-order valence-corrected chi connectivity index (χ0v) is 44.4. The van der Waals surface area contributed by atoms with Gasteiger partial charge in [0.25, 0.3) is 6.71 Å². The molecule has 15 rings (SSSR count). The van der Waals surface area contributed by atoms with Gasteiger partial charge in [-0.2, -0.15) is 0 Å². The van der Waals surface area contributed by atoms with Crippen molar-refractivity contribution >= 4 is 127 Å². The van der Waals surface area contributed by atoms with Gasteiger partial charge in [-0.15, -0.1) is 12.6 Å². The van der Waals surface area contributed by atoms with Crippen LogP contribution in [0.15, 0.2) is 296 Å². The highest BCUT2D eigenvalue weighted by molar-refractivity contribution is 7.80. The summed E-state index contributed by atoms with van der Waals surface area (Å²) in [6.45, 7) is 1.73. The number of anilines is 13. The van der Waals surface area contributed by atoms with Crippen molar-refractivity contribution in [1.29, 1.82) is 0 Å². The molecule has 0 unspecified atom stereocenters. The second-order valence-corrected chi connectivity index (χ2v) is 21.0. The molecule has 4 bridgehead atoms. The predicted molar refractivity (Wildman–Crippen MR) is 339 cm³/mol. The number of hydrogen-bond donors (Lipinski definition) is 1. The van der Waals surface area contributed by atoms with Crippen LogP contribution in [0.5, 0.6) is 0 Å². The summed E-state index contributed by atoms with van der Waals surface area (Å²) in [4.78, 5) is 13.3. The van der Waals surface area contributed by atoms with E-state index in [0.717, 1.165) is 90.0 Å². The maximum absolute atomic E-state index is 5.69. The summed E-state index contributed by atoms with van der Waals surface area (Å²) in [5, 5.41) is 0. The van der Waals surface area contributed by atoms with E-state index in [1.807, 2.05) is 0 Å². The highest BCUT2D eigenvalue weighted by Crippen LogP contribution is 2.52. The molecule has 4 heterocycles. The summed E-state index contributed by atoms with van der Waals surface area (Å²) in [6.07, 6.45) is 4.54. The van der Waals surface area contributed by atoms with E-state index in [1.165, 1.54) is 38.6 Å². The molecule has 372 valence electrons. The molecule has 4 aliphatic rings. The van der Waals surface area contributed by atoms with E-state index in [9.17, 15) is 0 Å². The van der Waals surface area contributed by atoms with Crippen LogP contribution in [-0.2, 0) is 0 Å². The van der Waals surface area contributed by atoms with Gasteiger partial charge in [0.05, 0.1) is 5.69 Å². The van der Waals surface area contributed by atoms with Gasteiger partial charge in [-0.1, -0.05) is 158 Å². The molecular weight excluding hydrogens is 977 g/mol. The van der Waals surface area contributed by atoms with Crippen LogP contribution in [0.3, 0.4) is 0 Å². The predicted octanol–water partition coefficient (Wildman–Crippen LogP) is 16.2. The lowest BCUT2D eigenvalue weighted by Gasteiger charge is -2.47. The van der Waals surface area contributed by atoms with Gasteiger partial charge >= 0.3 is 6.85 Å². The van der Waals surface area contributed by atoms with Gasteiger partial charge in [0, 0.05) is 84.4 Å². The first-order valence-electron chi connectivity index (χ1n) is 27.2. The Morgan fingerprint density at radius 1 is 0.380 bits per heavy atom. The lowest BCUT2D eigenvalue weighted by molar-refractivity contribution is 1.19. The van der Waals surface area contributed by atoms with Crippen molar-refractivity contribution < 1.29 is 0 Å². The minimum Gasteiger partial charge on any atom is -0.376 e. The number of allylic oxidation sites excluding steroid dienone is 2. The Labute approximate surface area is 468 Å². The first-order chi connectivity index (χ1) is 39.1. The summed E-state index contributed by atoms with van der Waals surface area (Å²) in [5.74, 6) is 0. The summed E-state index contributed by atoms with van der Waals surface area (Å²) in [7, 11) is 0. The fraction of sp³-hybridized carbons (Fsp3) is 0.0141. The first kappa shape index (κ1) is 46.7. The van der Waals surface area contributed by atoms with E-state index in [4.69, 9.17) is 12.6 Å². The Morgan fingerprint density at radius 3 is 1.49 bits per heavy atom. The van der Waals surface area contributed by atoms with Crippen molar-refractivity contribution in [3.05, 3.63) is 296 Å². The van der Waals surface area contributed by atoms with Crippen LogP contribution in [0.1, 0.15) is 12.5 Å². The van der Waals surface area contributed by atoms with Crippen LogP contribution in [0.4, 0.5) is 73.9 Å². The molecular formula is C71H51B2N5S. The van der Waals surface area contributed by atoms with Crippen molar-refractivity contribution in [2.24, 2.45) is 0 Å².